The van der Waals surface area contributed by atoms with Crippen molar-refractivity contribution in [3.8, 4) is 0 Å². The SMILES string of the molecule is O=C1CCC2=C3C(=Cc4ccccc4N13)CC=C2. The summed E-state index contributed by atoms with van der Waals surface area (Å²) in [5.74, 6) is 0.224. The highest BCUT2D eigenvalue weighted by atomic mass is 16.2. The maximum absolute atomic E-state index is 12.3. The Hall–Kier alpha value is -2.09. The zero-order valence-corrected chi connectivity index (χ0v) is 10.0. The summed E-state index contributed by atoms with van der Waals surface area (Å²) in [5.41, 5.74) is 5.92. The molecule has 3 aliphatic rings. The summed E-state index contributed by atoms with van der Waals surface area (Å²) in [7, 11) is 0. The van der Waals surface area contributed by atoms with Gasteiger partial charge < -0.3 is 0 Å². The van der Waals surface area contributed by atoms with Crippen molar-refractivity contribution in [3.05, 3.63) is 58.8 Å². The van der Waals surface area contributed by atoms with E-state index in [1.54, 1.807) is 0 Å². The minimum absolute atomic E-state index is 0.224. The average molecular weight is 235 g/mol. The number of fused-ring (bicyclic) bond motifs is 2. The second-order valence-electron chi connectivity index (χ2n) is 4.94. The molecular weight excluding hydrogens is 222 g/mol. The Morgan fingerprint density at radius 1 is 1.11 bits per heavy atom. The molecule has 2 heteroatoms. The minimum Gasteiger partial charge on any atom is -0.280 e. The molecule has 0 aromatic heterocycles. The van der Waals surface area contributed by atoms with Gasteiger partial charge in [-0.15, -0.1) is 0 Å². The van der Waals surface area contributed by atoms with Crippen LogP contribution in [0.2, 0.25) is 0 Å². The predicted molar refractivity (Wildman–Crippen MR) is 71.9 cm³/mol. The van der Waals surface area contributed by atoms with Crippen LogP contribution >= 0.6 is 0 Å². The van der Waals surface area contributed by atoms with Gasteiger partial charge in [-0.25, -0.2) is 0 Å². The van der Waals surface area contributed by atoms with Gasteiger partial charge in [0.15, 0.2) is 0 Å². The fourth-order valence-electron chi connectivity index (χ4n) is 3.06. The molecule has 2 heterocycles. The van der Waals surface area contributed by atoms with Crippen LogP contribution in [0.1, 0.15) is 24.8 Å². The normalized spacial score (nSPS) is 20.6. The molecule has 0 atom stereocenters. The van der Waals surface area contributed by atoms with Crippen LogP contribution in [0.15, 0.2) is 53.3 Å². The average Bonchev–Trinajstić information content (AvgIpc) is 2.41. The maximum atomic E-state index is 12.3. The van der Waals surface area contributed by atoms with Crippen molar-refractivity contribution in [2.45, 2.75) is 19.3 Å². The fourth-order valence-corrected chi connectivity index (χ4v) is 3.06. The molecule has 2 aliphatic heterocycles. The molecule has 2 nitrogen and oxygen atoms in total. The van der Waals surface area contributed by atoms with E-state index >= 15 is 0 Å². The van der Waals surface area contributed by atoms with Crippen molar-refractivity contribution in [1.82, 2.24) is 0 Å². The molecule has 0 saturated heterocycles. The van der Waals surface area contributed by atoms with E-state index in [1.165, 1.54) is 11.1 Å². The van der Waals surface area contributed by atoms with Crippen LogP contribution in [-0.2, 0) is 4.79 Å². The number of hydrogen-bond donors (Lipinski definition) is 0. The standard InChI is InChI=1S/C16H13NO/c18-15-9-8-11-5-3-6-13-10-12-4-1-2-7-14(12)17(15)16(11)13/h1-5,7,10H,6,8-9H2. The van der Waals surface area contributed by atoms with E-state index < -0.39 is 0 Å². The molecular formula is C16H13NO. The molecule has 0 fully saturated rings. The summed E-state index contributed by atoms with van der Waals surface area (Å²) < 4.78 is 0. The van der Waals surface area contributed by atoms with E-state index in [9.17, 15) is 4.79 Å². The Morgan fingerprint density at radius 3 is 2.94 bits per heavy atom. The Kier molecular flexibility index (Phi) is 1.90. The number of hydrogen-bond acceptors (Lipinski definition) is 1. The van der Waals surface area contributed by atoms with Crippen LogP contribution < -0.4 is 4.90 Å². The molecule has 0 saturated carbocycles. The first-order chi connectivity index (χ1) is 8.84. The van der Waals surface area contributed by atoms with Crippen molar-refractivity contribution in [2.24, 2.45) is 0 Å². The maximum Gasteiger partial charge on any atom is 0.231 e. The number of allylic oxidation sites excluding steroid dienone is 4. The van der Waals surface area contributed by atoms with Crippen molar-refractivity contribution < 1.29 is 4.79 Å². The molecule has 0 radical (unpaired) electrons. The Balaban J connectivity index is 2.04. The molecule has 0 unspecified atom stereocenters. The number of amides is 1. The summed E-state index contributed by atoms with van der Waals surface area (Å²) in [6, 6.07) is 8.14. The van der Waals surface area contributed by atoms with Gasteiger partial charge in [0.05, 0.1) is 11.4 Å². The zero-order valence-electron chi connectivity index (χ0n) is 10.0. The third-order valence-electron chi connectivity index (χ3n) is 3.85. The first-order valence-corrected chi connectivity index (χ1v) is 6.37. The number of carbonyl (C=O) groups is 1. The summed E-state index contributed by atoms with van der Waals surface area (Å²) in [5, 5.41) is 0. The summed E-state index contributed by atoms with van der Waals surface area (Å²) in [4.78, 5) is 14.2. The summed E-state index contributed by atoms with van der Waals surface area (Å²) >= 11 is 0. The third kappa shape index (κ3) is 1.20. The number of rotatable bonds is 0. The number of anilines is 1. The second-order valence-corrected chi connectivity index (χ2v) is 4.94. The van der Waals surface area contributed by atoms with Crippen LogP contribution in [0.25, 0.3) is 6.08 Å². The Labute approximate surface area is 106 Å². The lowest BCUT2D eigenvalue weighted by molar-refractivity contribution is -0.118. The smallest absolute Gasteiger partial charge is 0.231 e. The molecule has 0 N–H and O–H groups in total. The third-order valence-corrected chi connectivity index (χ3v) is 3.85. The van der Waals surface area contributed by atoms with Gasteiger partial charge in [0.1, 0.15) is 0 Å². The lowest BCUT2D eigenvalue weighted by Crippen LogP contribution is -2.37. The van der Waals surface area contributed by atoms with Crippen LogP contribution in [-0.4, -0.2) is 5.91 Å². The van der Waals surface area contributed by atoms with Gasteiger partial charge in [-0.3, -0.25) is 9.69 Å². The van der Waals surface area contributed by atoms with Gasteiger partial charge >= 0.3 is 0 Å². The topological polar surface area (TPSA) is 20.3 Å². The van der Waals surface area contributed by atoms with Gasteiger partial charge in [-0.2, -0.15) is 0 Å². The van der Waals surface area contributed by atoms with Crippen LogP contribution in [0.3, 0.4) is 0 Å². The van der Waals surface area contributed by atoms with E-state index in [0.717, 1.165) is 29.8 Å². The molecule has 0 bridgehead atoms. The van der Waals surface area contributed by atoms with Gasteiger partial charge in [0.25, 0.3) is 0 Å². The fraction of sp³-hybridized carbons (Fsp3) is 0.188. The van der Waals surface area contributed by atoms with E-state index in [4.69, 9.17) is 0 Å². The minimum atomic E-state index is 0.224. The summed E-state index contributed by atoms with van der Waals surface area (Å²) in [6.45, 7) is 0. The van der Waals surface area contributed by atoms with Crippen LogP contribution in [0.4, 0.5) is 5.69 Å². The number of nitrogens with zero attached hydrogens (tertiary/aromatic N) is 1. The number of benzene rings is 1. The van der Waals surface area contributed by atoms with Crippen molar-refractivity contribution in [1.29, 1.82) is 0 Å². The van der Waals surface area contributed by atoms with Gasteiger partial charge in [-0.05, 0) is 41.7 Å². The first-order valence-electron chi connectivity index (χ1n) is 6.37. The highest BCUT2D eigenvalue weighted by molar-refractivity contribution is 6.03. The zero-order chi connectivity index (χ0) is 12.1. The highest BCUT2D eigenvalue weighted by Gasteiger charge is 2.33. The Bertz CT molecular complexity index is 649. The van der Waals surface area contributed by atoms with Crippen LogP contribution in [0.5, 0.6) is 0 Å². The molecule has 1 amide bonds. The largest absolute Gasteiger partial charge is 0.280 e. The quantitative estimate of drug-likeness (QED) is 0.674. The molecule has 1 aromatic rings. The monoisotopic (exact) mass is 235 g/mol. The highest BCUT2D eigenvalue weighted by Crippen LogP contribution is 2.43. The molecule has 18 heavy (non-hydrogen) atoms. The van der Waals surface area contributed by atoms with Crippen molar-refractivity contribution >= 4 is 17.7 Å². The number of para-hydroxylation sites is 1. The van der Waals surface area contributed by atoms with E-state index in [0.29, 0.717) is 6.42 Å². The Morgan fingerprint density at radius 2 is 2.00 bits per heavy atom. The lowest BCUT2D eigenvalue weighted by Gasteiger charge is -2.38. The molecule has 0 spiro atoms. The molecule has 4 rings (SSSR count). The first kappa shape index (κ1) is 9.89. The van der Waals surface area contributed by atoms with Crippen LogP contribution in [0, 0.1) is 0 Å². The second kappa shape index (κ2) is 3.45. The van der Waals surface area contributed by atoms with E-state index in [-0.39, 0.29) is 5.91 Å². The predicted octanol–water partition coefficient (Wildman–Crippen LogP) is 3.42. The number of carbonyl (C=O) groups excluding carboxylic acids is 1. The van der Waals surface area contributed by atoms with Gasteiger partial charge in [-0.1, -0.05) is 30.4 Å². The van der Waals surface area contributed by atoms with Gasteiger partial charge in [0, 0.05) is 6.42 Å². The van der Waals surface area contributed by atoms with E-state index in [1.807, 2.05) is 23.1 Å². The van der Waals surface area contributed by atoms with E-state index in [2.05, 4.69) is 24.3 Å². The lowest BCUT2D eigenvalue weighted by atomic mass is 9.86. The molecule has 1 aromatic carbocycles. The summed E-state index contributed by atoms with van der Waals surface area (Å²) in [6.07, 6.45) is 9.03. The van der Waals surface area contributed by atoms with Crippen molar-refractivity contribution in [3.63, 3.8) is 0 Å². The molecule has 88 valence electrons. The van der Waals surface area contributed by atoms with Gasteiger partial charge in [0.2, 0.25) is 5.91 Å². The van der Waals surface area contributed by atoms with Crippen molar-refractivity contribution in [2.75, 3.05) is 4.90 Å². The molecule has 1 aliphatic carbocycles.